The number of aromatic amines is 1. The van der Waals surface area contributed by atoms with Gasteiger partial charge in [-0.25, -0.2) is 0 Å². The Morgan fingerprint density at radius 1 is 1.03 bits per heavy atom. The van der Waals surface area contributed by atoms with Crippen LogP contribution in [-0.2, 0) is 6.42 Å². The highest BCUT2D eigenvalue weighted by Crippen LogP contribution is 2.44. The van der Waals surface area contributed by atoms with Gasteiger partial charge in [0.25, 0.3) is 0 Å². The normalized spacial score (nSPS) is 26.3. The Balaban J connectivity index is 1.12. The van der Waals surface area contributed by atoms with Crippen LogP contribution in [0.1, 0.15) is 23.5 Å². The highest BCUT2D eigenvalue weighted by Gasteiger charge is 2.39. The zero-order valence-electron chi connectivity index (χ0n) is 19.3. The fourth-order valence-electron chi connectivity index (χ4n) is 6.53. The van der Waals surface area contributed by atoms with E-state index in [1.54, 1.807) is 12.7 Å². The monoisotopic (exact) mass is 430 g/mol. The Hall–Kier alpha value is -2.50. The maximum atomic E-state index is 5.30. The summed E-state index contributed by atoms with van der Waals surface area (Å²) < 4.78 is 5.30. The third-order valence-electron chi connectivity index (χ3n) is 8.14. The van der Waals surface area contributed by atoms with Crippen molar-refractivity contribution in [2.75, 3.05) is 58.3 Å². The Bertz CT molecular complexity index is 1080. The van der Waals surface area contributed by atoms with Gasteiger partial charge in [0.05, 0.1) is 7.11 Å². The molecular weight excluding hydrogens is 396 g/mol. The van der Waals surface area contributed by atoms with Crippen molar-refractivity contribution in [2.45, 2.75) is 24.8 Å². The second-order valence-electron chi connectivity index (χ2n) is 9.99. The fraction of sp³-hybridized carbons (Fsp3) is 0.481. The molecule has 168 valence electrons. The molecule has 5 nitrogen and oxygen atoms in total. The van der Waals surface area contributed by atoms with Gasteiger partial charge in [-0.2, -0.15) is 0 Å². The SMILES string of the molecule is COc1ccc(N2CCN(CC3CC4c5cccc6[nH]cc(c56)CC4N(C)C3)CC2)cc1. The Labute approximate surface area is 190 Å². The summed E-state index contributed by atoms with van der Waals surface area (Å²) in [6.45, 7) is 6.95. The van der Waals surface area contributed by atoms with Gasteiger partial charge in [0.15, 0.2) is 0 Å². The van der Waals surface area contributed by atoms with Crippen molar-refractivity contribution < 1.29 is 4.74 Å². The molecule has 2 fully saturated rings. The molecule has 0 spiro atoms. The summed E-state index contributed by atoms with van der Waals surface area (Å²) in [6.07, 6.45) is 4.75. The lowest BCUT2D eigenvalue weighted by Gasteiger charge is -2.47. The summed E-state index contributed by atoms with van der Waals surface area (Å²) in [5.41, 5.74) is 5.71. The number of aromatic nitrogens is 1. The number of benzene rings is 2. The van der Waals surface area contributed by atoms with Crippen LogP contribution >= 0.6 is 0 Å². The lowest BCUT2D eigenvalue weighted by molar-refractivity contribution is 0.0855. The van der Waals surface area contributed by atoms with Crippen molar-refractivity contribution in [3.05, 3.63) is 59.8 Å². The molecule has 3 atom stereocenters. The van der Waals surface area contributed by atoms with E-state index in [0.29, 0.717) is 12.0 Å². The van der Waals surface area contributed by atoms with Gasteiger partial charge in [0.1, 0.15) is 5.75 Å². The molecule has 3 aromatic rings. The molecule has 2 saturated heterocycles. The predicted octanol–water partition coefficient (Wildman–Crippen LogP) is 3.96. The Morgan fingerprint density at radius 2 is 1.84 bits per heavy atom. The minimum atomic E-state index is 0.645. The van der Waals surface area contributed by atoms with Crippen LogP contribution in [0.2, 0.25) is 0 Å². The Morgan fingerprint density at radius 3 is 2.62 bits per heavy atom. The minimum absolute atomic E-state index is 0.645. The number of piperidine rings is 1. The molecule has 1 aliphatic carbocycles. The predicted molar refractivity (Wildman–Crippen MR) is 131 cm³/mol. The fourth-order valence-corrected chi connectivity index (χ4v) is 6.53. The molecular formula is C27H34N4O. The molecule has 0 amide bonds. The molecule has 3 aliphatic rings. The second-order valence-corrected chi connectivity index (χ2v) is 9.99. The molecule has 3 unspecified atom stereocenters. The first-order valence-electron chi connectivity index (χ1n) is 12.1. The van der Waals surface area contributed by atoms with Gasteiger partial charge < -0.3 is 19.5 Å². The summed E-state index contributed by atoms with van der Waals surface area (Å²) in [5.74, 6) is 2.33. The number of rotatable bonds is 4. The smallest absolute Gasteiger partial charge is 0.119 e. The number of piperazine rings is 1. The van der Waals surface area contributed by atoms with Gasteiger partial charge in [-0.15, -0.1) is 0 Å². The molecule has 1 N–H and O–H groups in total. The minimum Gasteiger partial charge on any atom is -0.497 e. The van der Waals surface area contributed by atoms with E-state index in [1.165, 1.54) is 48.1 Å². The van der Waals surface area contributed by atoms with Gasteiger partial charge in [0.2, 0.25) is 0 Å². The number of likely N-dealkylation sites (N-methyl/N-ethyl adjacent to an activating group) is 1. The number of hydrogen-bond acceptors (Lipinski definition) is 4. The number of hydrogen-bond donors (Lipinski definition) is 1. The van der Waals surface area contributed by atoms with Crippen molar-refractivity contribution in [2.24, 2.45) is 5.92 Å². The summed E-state index contributed by atoms with van der Waals surface area (Å²) in [7, 11) is 4.08. The van der Waals surface area contributed by atoms with Crippen LogP contribution in [0.3, 0.4) is 0 Å². The first kappa shape index (κ1) is 20.1. The van der Waals surface area contributed by atoms with Gasteiger partial charge >= 0.3 is 0 Å². The van der Waals surface area contributed by atoms with Crippen LogP contribution in [0.25, 0.3) is 10.9 Å². The molecule has 6 rings (SSSR count). The van der Waals surface area contributed by atoms with Gasteiger partial charge in [-0.1, -0.05) is 12.1 Å². The largest absolute Gasteiger partial charge is 0.497 e. The number of ether oxygens (including phenoxy) is 1. The molecule has 0 bridgehead atoms. The third-order valence-corrected chi connectivity index (χ3v) is 8.14. The first-order valence-corrected chi connectivity index (χ1v) is 12.1. The van der Waals surface area contributed by atoms with Crippen LogP contribution in [-0.4, -0.2) is 74.3 Å². The van der Waals surface area contributed by atoms with Crippen LogP contribution in [0.5, 0.6) is 5.75 Å². The number of nitrogens with one attached hydrogen (secondary N) is 1. The van der Waals surface area contributed by atoms with Gasteiger partial charge in [0, 0.05) is 74.0 Å². The van der Waals surface area contributed by atoms with Crippen molar-refractivity contribution >= 4 is 16.6 Å². The van der Waals surface area contributed by atoms with E-state index in [1.807, 2.05) is 0 Å². The number of H-pyrrole nitrogens is 1. The molecule has 0 saturated carbocycles. The van der Waals surface area contributed by atoms with Crippen LogP contribution in [0, 0.1) is 5.92 Å². The zero-order chi connectivity index (χ0) is 21.7. The lowest BCUT2D eigenvalue weighted by atomic mass is 9.72. The molecule has 32 heavy (non-hydrogen) atoms. The van der Waals surface area contributed by atoms with E-state index < -0.39 is 0 Å². The third kappa shape index (κ3) is 3.48. The van der Waals surface area contributed by atoms with Crippen molar-refractivity contribution in [3.63, 3.8) is 0 Å². The lowest BCUT2D eigenvalue weighted by Crippen LogP contribution is -2.52. The van der Waals surface area contributed by atoms with Crippen molar-refractivity contribution in [1.82, 2.24) is 14.8 Å². The zero-order valence-corrected chi connectivity index (χ0v) is 19.3. The number of likely N-dealkylation sites (tertiary alicyclic amines) is 1. The molecule has 3 heterocycles. The topological polar surface area (TPSA) is 34.7 Å². The van der Waals surface area contributed by atoms with Crippen molar-refractivity contribution in [1.29, 1.82) is 0 Å². The van der Waals surface area contributed by atoms with E-state index in [4.69, 9.17) is 4.74 Å². The summed E-state index contributed by atoms with van der Waals surface area (Å²) in [6, 6.07) is 16.0. The second kappa shape index (κ2) is 8.13. The number of nitrogens with zero attached hydrogens (tertiary/aromatic N) is 3. The molecule has 1 aromatic heterocycles. The average molecular weight is 431 g/mol. The standard InChI is InChI=1S/C27H34N4O/c1-29-17-19(14-24-23-4-3-5-25-27(23)20(16-28-25)15-26(24)29)18-30-10-12-31(13-11-30)21-6-8-22(32-2)9-7-21/h3-9,16,19,24,26,28H,10-15,17-18H2,1-2H3. The molecule has 5 heteroatoms. The van der Waals surface area contributed by atoms with E-state index in [9.17, 15) is 0 Å². The highest BCUT2D eigenvalue weighted by molar-refractivity contribution is 5.88. The summed E-state index contributed by atoms with van der Waals surface area (Å²) in [5, 5.41) is 1.51. The summed E-state index contributed by atoms with van der Waals surface area (Å²) in [4.78, 5) is 11.4. The molecule has 0 radical (unpaired) electrons. The van der Waals surface area contributed by atoms with E-state index in [-0.39, 0.29) is 0 Å². The van der Waals surface area contributed by atoms with Crippen LogP contribution in [0.4, 0.5) is 5.69 Å². The van der Waals surface area contributed by atoms with Gasteiger partial charge in [-0.3, -0.25) is 4.90 Å². The maximum absolute atomic E-state index is 5.30. The maximum Gasteiger partial charge on any atom is 0.119 e. The molecule has 2 aromatic carbocycles. The van der Waals surface area contributed by atoms with Gasteiger partial charge in [-0.05, 0) is 67.3 Å². The number of anilines is 1. The quantitative estimate of drug-likeness (QED) is 0.680. The van der Waals surface area contributed by atoms with E-state index in [2.05, 4.69) is 75.4 Å². The number of fused-ring (bicyclic) bond motifs is 2. The molecule has 2 aliphatic heterocycles. The first-order chi connectivity index (χ1) is 15.7. The highest BCUT2D eigenvalue weighted by atomic mass is 16.5. The summed E-state index contributed by atoms with van der Waals surface area (Å²) >= 11 is 0. The Kier molecular flexibility index (Phi) is 5.11. The van der Waals surface area contributed by atoms with E-state index >= 15 is 0 Å². The van der Waals surface area contributed by atoms with Crippen LogP contribution < -0.4 is 9.64 Å². The van der Waals surface area contributed by atoms with Crippen LogP contribution in [0.15, 0.2) is 48.7 Å². The van der Waals surface area contributed by atoms with E-state index in [0.717, 1.165) is 37.8 Å². The average Bonchev–Trinajstić information content (AvgIpc) is 3.25. The van der Waals surface area contributed by atoms with Crippen molar-refractivity contribution in [3.8, 4) is 5.75 Å². The number of methoxy groups -OCH3 is 1.